The molecule has 0 bridgehead atoms. The number of anilines is 2. The van der Waals surface area contributed by atoms with E-state index in [1.807, 2.05) is 57.2 Å². The van der Waals surface area contributed by atoms with Crippen molar-refractivity contribution in [3.8, 4) is 5.75 Å². The number of carbonyl (C=O) groups is 2. The fraction of sp³-hybridized carbons (Fsp3) is 0.300. The Bertz CT molecular complexity index is 826. The molecule has 1 atom stereocenters. The molecule has 1 N–H and O–H groups in total. The minimum atomic E-state index is -1.61. The van der Waals surface area contributed by atoms with Gasteiger partial charge in [0.15, 0.2) is 0 Å². The lowest BCUT2D eigenvalue weighted by Crippen LogP contribution is -2.60. The molecule has 0 saturated carbocycles. The van der Waals surface area contributed by atoms with Crippen molar-refractivity contribution in [3.63, 3.8) is 0 Å². The van der Waals surface area contributed by atoms with Crippen LogP contribution in [0.1, 0.15) is 25.0 Å². The van der Waals surface area contributed by atoms with E-state index in [-0.39, 0.29) is 5.91 Å². The van der Waals surface area contributed by atoms with Gasteiger partial charge in [-0.05, 0) is 63.1 Å². The first-order valence-electron chi connectivity index (χ1n) is 8.35. The summed E-state index contributed by atoms with van der Waals surface area (Å²) in [5.41, 5.74) is 1.81. The Labute approximate surface area is 147 Å². The van der Waals surface area contributed by atoms with Crippen LogP contribution in [0.4, 0.5) is 11.4 Å². The summed E-state index contributed by atoms with van der Waals surface area (Å²) in [5, 5.41) is 2.83. The number of ether oxygens (including phenoxy) is 1. The third kappa shape index (κ3) is 2.97. The summed E-state index contributed by atoms with van der Waals surface area (Å²) in [6, 6.07) is 13.0. The number of aryl methyl sites for hydroxylation is 2. The zero-order valence-electron chi connectivity index (χ0n) is 14.9. The monoisotopic (exact) mass is 338 g/mol. The van der Waals surface area contributed by atoms with Gasteiger partial charge in [-0.2, -0.15) is 0 Å². The van der Waals surface area contributed by atoms with Crippen LogP contribution in [-0.4, -0.2) is 24.0 Å². The highest BCUT2D eigenvalue weighted by Gasteiger charge is 2.50. The number of nitrogens with one attached hydrogen (secondary N) is 1. The van der Waals surface area contributed by atoms with E-state index in [2.05, 4.69) is 5.32 Å². The van der Waals surface area contributed by atoms with Crippen molar-refractivity contribution in [2.75, 3.05) is 16.8 Å². The Kier molecular flexibility index (Phi) is 4.25. The third-order valence-corrected chi connectivity index (χ3v) is 4.35. The summed E-state index contributed by atoms with van der Waals surface area (Å²) >= 11 is 0. The summed E-state index contributed by atoms with van der Waals surface area (Å²) in [4.78, 5) is 27.4. The normalized spacial score (nSPS) is 19.2. The van der Waals surface area contributed by atoms with E-state index in [1.54, 1.807) is 11.0 Å². The van der Waals surface area contributed by atoms with Crippen molar-refractivity contribution in [1.29, 1.82) is 0 Å². The highest BCUT2D eigenvalue weighted by atomic mass is 16.5. The summed E-state index contributed by atoms with van der Waals surface area (Å²) in [6.07, 6.45) is 0. The van der Waals surface area contributed by atoms with E-state index >= 15 is 0 Å². The predicted molar refractivity (Wildman–Crippen MR) is 98.0 cm³/mol. The SMILES string of the molecule is CCN1C(=O)C(C)(C(=O)Nc2cc(C)cc(C)c2)Oc2ccccc21. The maximum atomic E-state index is 12.9. The zero-order valence-corrected chi connectivity index (χ0v) is 14.9. The van der Waals surface area contributed by atoms with Gasteiger partial charge < -0.3 is 15.0 Å². The van der Waals surface area contributed by atoms with Crippen molar-refractivity contribution in [3.05, 3.63) is 53.6 Å². The second-order valence-corrected chi connectivity index (χ2v) is 6.48. The zero-order chi connectivity index (χ0) is 18.2. The molecule has 1 heterocycles. The average molecular weight is 338 g/mol. The number of hydrogen-bond donors (Lipinski definition) is 1. The Morgan fingerprint density at radius 1 is 1.16 bits per heavy atom. The second-order valence-electron chi connectivity index (χ2n) is 6.48. The number of nitrogens with zero attached hydrogens (tertiary/aromatic N) is 1. The minimum Gasteiger partial charge on any atom is -0.465 e. The lowest BCUT2D eigenvalue weighted by Gasteiger charge is -2.39. The number of para-hydroxylation sites is 2. The Morgan fingerprint density at radius 2 is 1.80 bits per heavy atom. The number of fused-ring (bicyclic) bond motifs is 1. The van der Waals surface area contributed by atoms with Crippen molar-refractivity contribution in [2.24, 2.45) is 0 Å². The van der Waals surface area contributed by atoms with Crippen LogP contribution in [0, 0.1) is 13.8 Å². The van der Waals surface area contributed by atoms with Gasteiger partial charge in [-0.3, -0.25) is 9.59 Å². The van der Waals surface area contributed by atoms with Gasteiger partial charge in [0.2, 0.25) is 0 Å². The molecule has 3 rings (SSSR count). The molecule has 5 nitrogen and oxygen atoms in total. The number of amides is 2. The van der Waals surface area contributed by atoms with E-state index < -0.39 is 11.5 Å². The molecule has 0 aliphatic carbocycles. The van der Waals surface area contributed by atoms with E-state index in [1.165, 1.54) is 6.92 Å². The molecule has 1 unspecified atom stereocenters. The Balaban J connectivity index is 1.95. The topological polar surface area (TPSA) is 58.6 Å². The first kappa shape index (κ1) is 17.0. The summed E-state index contributed by atoms with van der Waals surface area (Å²) in [7, 11) is 0. The molecule has 1 aliphatic heterocycles. The molecule has 0 radical (unpaired) electrons. The molecule has 0 saturated heterocycles. The van der Waals surface area contributed by atoms with E-state index in [4.69, 9.17) is 4.74 Å². The lowest BCUT2D eigenvalue weighted by molar-refractivity contribution is -0.145. The molecule has 1 aliphatic rings. The Morgan fingerprint density at radius 3 is 2.44 bits per heavy atom. The van der Waals surface area contributed by atoms with Crippen molar-refractivity contribution in [1.82, 2.24) is 0 Å². The molecule has 2 aromatic rings. The number of benzene rings is 2. The first-order valence-corrected chi connectivity index (χ1v) is 8.35. The number of likely N-dealkylation sites (N-methyl/N-ethyl adjacent to an activating group) is 1. The van der Waals surface area contributed by atoms with Crippen molar-refractivity contribution in [2.45, 2.75) is 33.3 Å². The Hall–Kier alpha value is -2.82. The predicted octanol–water partition coefficient (Wildman–Crippen LogP) is 3.45. The molecule has 130 valence electrons. The largest absolute Gasteiger partial charge is 0.465 e. The van der Waals surface area contributed by atoms with Crippen LogP contribution in [0.15, 0.2) is 42.5 Å². The number of carbonyl (C=O) groups excluding carboxylic acids is 2. The van der Waals surface area contributed by atoms with E-state index in [9.17, 15) is 9.59 Å². The standard InChI is InChI=1S/C20H22N2O3/c1-5-22-16-8-6-7-9-17(16)25-20(4,19(22)24)18(23)21-15-11-13(2)10-14(3)12-15/h6-12H,5H2,1-4H3,(H,21,23). The lowest BCUT2D eigenvalue weighted by atomic mass is 9.99. The van der Waals surface area contributed by atoms with Crippen LogP contribution in [0.5, 0.6) is 5.75 Å². The smallest absolute Gasteiger partial charge is 0.280 e. The number of rotatable bonds is 3. The molecule has 25 heavy (non-hydrogen) atoms. The molecule has 0 aromatic heterocycles. The summed E-state index contributed by atoms with van der Waals surface area (Å²) in [5.74, 6) is -0.312. The van der Waals surface area contributed by atoms with Crippen LogP contribution >= 0.6 is 0 Å². The molecular weight excluding hydrogens is 316 g/mol. The maximum Gasteiger partial charge on any atom is 0.280 e. The van der Waals surface area contributed by atoms with Gasteiger partial charge in [0, 0.05) is 12.2 Å². The van der Waals surface area contributed by atoms with Gasteiger partial charge in [0.05, 0.1) is 5.69 Å². The van der Waals surface area contributed by atoms with Crippen LogP contribution in [0.3, 0.4) is 0 Å². The van der Waals surface area contributed by atoms with Crippen LogP contribution < -0.4 is 15.0 Å². The van der Waals surface area contributed by atoms with Crippen LogP contribution in [-0.2, 0) is 9.59 Å². The van der Waals surface area contributed by atoms with E-state index in [0.29, 0.717) is 23.7 Å². The summed E-state index contributed by atoms with van der Waals surface area (Å²) < 4.78 is 5.86. The van der Waals surface area contributed by atoms with Gasteiger partial charge >= 0.3 is 0 Å². The molecule has 2 amide bonds. The molecule has 2 aromatic carbocycles. The quantitative estimate of drug-likeness (QED) is 0.872. The number of hydrogen-bond acceptors (Lipinski definition) is 3. The maximum absolute atomic E-state index is 12.9. The van der Waals surface area contributed by atoms with Crippen LogP contribution in [0.2, 0.25) is 0 Å². The van der Waals surface area contributed by atoms with Crippen LogP contribution in [0.25, 0.3) is 0 Å². The highest BCUT2D eigenvalue weighted by molar-refractivity contribution is 6.19. The second kappa shape index (κ2) is 6.24. The molecule has 5 heteroatoms. The van der Waals surface area contributed by atoms with E-state index in [0.717, 1.165) is 11.1 Å². The van der Waals surface area contributed by atoms with Gasteiger partial charge in [-0.1, -0.05) is 18.2 Å². The molecule has 0 fully saturated rings. The molecular formula is C20H22N2O3. The van der Waals surface area contributed by atoms with Gasteiger partial charge in [0.25, 0.3) is 17.4 Å². The first-order chi connectivity index (χ1) is 11.8. The molecule has 0 spiro atoms. The van der Waals surface area contributed by atoms with Crippen molar-refractivity contribution >= 4 is 23.2 Å². The fourth-order valence-corrected chi connectivity index (χ4v) is 3.15. The third-order valence-electron chi connectivity index (χ3n) is 4.35. The van der Waals surface area contributed by atoms with Gasteiger partial charge in [-0.15, -0.1) is 0 Å². The summed E-state index contributed by atoms with van der Waals surface area (Å²) in [6.45, 7) is 7.78. The van der Waals surface area contributed by atoms with Gasteiger partial charge in [0.1, 0.15) is 5.75 Å². The fourth-order valence-electron chi connectivity index (χ4n) is 3.15. The highest BCUT2D eigenvalue weighted by Crippen LogP contribution is 2.38. The minimum absolute atomic E-state index is 0.365. The van der Waals surface area contributed by atoms with Crippen molar-refractivity contribution < 1.29 is 14.3 Å². The van der Waals surface area contributed by atoms with Gasteiger partial charge in [-0.25, -0.2) is 0 Å². The average Bonchev–Trinajstić information content (AvgIpc) is 2.55.